The highest BCUT2D eigenvalue weighted by Crippen LogP contribution is 2.31. The maximum Gasteiger partial charge on any atom is 0.147 e. The smallest absolute Gasteiger partial charge is 0.147 e. The van der Waals surface area contributed by atoms with Gasteiger partial charge < -0.3 is 4.90 Å². The van der Waals surface area contributed by atoms with E-state index in [1.165, 1.54) is 17.7 Å². The first-order valence-corrected chi connectivity index (χ1v) is 8.24. The summed E-state index contributed by atoms with van der Waals surface area (Å²) in [6.45, 7) is 5.80. The van der Waals surface area contributed by atoms with E-state index < -0.39 is 0 Å². The Morgan fingerprint density at radius 1 is 0.640 bits per heavy atom. The molecule has 0 N–H and O–H groups in total. The van der Waals surface area contributed by atoms with Crippen LogP contribution in [0.3, 0.4) is 0 Å². The Hall–Kier alpha value is -2.68. The van der Waals surface area contributed by atoms with E-state index >= 15 is 0 Å². The van der Waals surface area contributed by atoms with Crippen molar-refractivity contribution in [3.8, 4) is 11.1 Å². The lowest BCUT2D eigenvalue weighted by atomic mass is 10.0. The number of halogens is 2. The molecular formula is C22H21F2N. The summed E-state index contributed by atoms with van der Waals surface area (Å²) >= 11 is 0. The molecule has 0 atom stereocenters. The fourth-order valence-electron chi connectivity index (χ4n) is 2.80. The van der Waals surface area contributed by atoms with Crippen molar-refractivity contribution >= 4 is 11.4 Å². The number of aryl methyl sites for hydroxylation is 3. The van der Waals surface area contributed by atoms with Gasteiger partial charge in [-0.2, -0.15) is 0 Å². The number of hydrogen-bond donors (Lipinski definition) is 0. The fraction of sp³-hybridized carbons (Fsp3) is 0.182. The summed E-state index contributed by atoms with van der Waals surface area (Å²) in [7, 11) is 1.84. The Balaban J connectivity index is 1.96. The molecule has 0 unspecified atom stereocenters. The molecule has 0 bridgehead atoms. The molecule has 3 rings (SSSR count). The SMILES string of the molecule is Cc1ccc(N(C)c2ccc(-c3ccc(C)c(F)c3)cc2F)cc1C. The normalized spacial score (nSPS) is 10.8. The summed E-state index contributed by atoms with van der Waals surface area (Å²) in [5.41, 5.74) is 5.69. The van der Waals surface area contributed by atoms with E-state index in [0.717, 1.165) is 11.3 Å². The molecule has 3 aromatic rings. The van der Waals surface area contributed by atoms with Crippen molar-refractivity contribution in [2.45, 2.75) is 20.8 Å². The highest BCUT2D eigenvalue weighted by Gasteiger charge is 2.12. The van der Waals surface area contributed by atoms with Crippen molar-refractivity contribution in [2.24, 2.45) is 0 Å². The number of anilines is 2. The third-order valence-corrected chi connectivity index (χ3v) is 4.69. The maximum atomic E-state index is 14.7. The second-order valence-corrected chi connectivity index (χ2v) is 6.46. The summed E-state index contributed by atoms with van der Waals surface area (Å²) in [5, 5.41) is 0. The first-order valence-electron chi connectivity index (χ1n) is 8.24. The lowest BCUT2D eigenvalue weighted by Gasteiger charge is -2.21. The second kappa shape index (κ2) is 6.67. The third-order valence-electron chi connectivity index (χ3n) is 4.69. The van der Waals surface area contributed by atoms with Crippen molar-refractivity contribution < 1.29 is 8.78 Å². The van der Waals surface area contributed by atoms with Gasteiger partial charge in [0.05, 0.1) is 5.69 Å². The molecule has 0 amide bonds. The lowest BCUT2D eigenvalue weighted by Crippen LogP contribution is -2.11. The van der Waals surface area contributed by atoms with Gasteiger partial charge in [-0.25, -0.2) is 8.78 Å². The number of nitrogens with zero attached hydrogens (tertiary/aromatic N) is 1. The second-order valence-electron chi connectivity index (χ2n) is 6.46. The molecule has 0 aliphatic heterocycles. The number of benzene rings is 3. The predicted octanol–water partition coefficient (Wildman–Crippen LogP) is 6.32. The average molecular weight is 337 g/mol. The van der Waals surface area contributed by atoms with E-state index in [2.05, 4.69) is 6.92 Å². The lowest BCUT2D eigenvalue weighted by molar-refractivity contribution is 0.618. The zero-order valence-corrected chi connectivity index (χ0v) is 14.9. The quantitative estimate of drug-likeness (QED) is 0.540. The van der Waals surface area contributed by atoms with E-state index in [1.807, 2.05) is 43.1 Å². The van der Waals surface area contributed by atoms with Gasteiger partial charge in [0.1, 0.15) is 11.6 Å². The standard InChI is InChI=1S/C22H21F2N/c1-14-6-9-19(11-16(14)3)25(4)22-10-8-18(13-21(22)24)17-7-5-15(2)20(23)12-17/h5-13H,1-4H3. The van der Waals surface area contributed by atoms with Crippen LogP contribution < -0.4 is 4.90 Å². The van der Waals surface area contributed by atoms with Crippen molar-refractivity contribution in [3.63, 3.8) is 0 Å². The van der Waals surface area contributed by atoms with Crippen LogP contribution in [0.2, 0.25) is 0 Å². The largest absolute Gasteiger partial charge is 0.342 e. The molecule has 0 saturated carbocycles. The molecule has 3 aromatic carbocycles. The van der Waals surface area contributed by atoms with Crippen molar-refractivity contribution in [1.82, 2.24) is 0 Å². The summed E-state index contributed by atoms with van der Waals surface area (Å²) < 4.78 is 28.5. The Morgan fingerprint density at radius 3 is 1.84 bits per heavy atom. The van der Waals surface area contributed by atoms with Gasteiger partial charge in [0.15, 0.2) is 0 Å². The summed E-state index contributed by atoms with van der Waals surface area (Å²) in [6.07, 6.45) is 0. The summed E-state index contributed by atoms with van der Waals surface area (Å²) in [4.78, 5) is 1.82. The van der Waals surface area contributed by atoms with Crippen LogP contribution in [0.5, 0.6) is 0 Å². The minimum absolute atomic E-state index is 0.283. The zero-order valence-electron chi connectivity index (χ0n) is 14.9. The molecule has 0 spiro atoms. The molecule has 1 nitrogen and oxygen atoms in total. The van der Waals surface area contributed by atoms with Gasteiger partial charge in [-0.3, -0.25) is 0 Å². The first-order chi connectivity index (χ1) is 11.9. The number of hydrogen-bond acceptors (Lipinski definition) is 1. The highest BCUT2D eigenvalue weighted by atomic mass is 19.1. The Bertz CT molecular complexity index is 931. The van der Waals surface area contributed by atoms with E-state index in [-0.39, 0.29) is 11.6 Å². The van der Waals surface area contributed by atoms with Crippen LogP contribution in [-0.2, 0) is 0 Å². The van der Waals surface area contributed by atoms with E-state index in [1.54, 1.807) is 25.1 Å². The predicted molar refractivity (Wildman–Crippen MR) is 101 cm³/mol. The van der Waals surface area contributed by atoms with Gasteiger partial charge in [-0.15, -0.1) is 0 Å². The van der Waals surface area contributed by atoms with Crippen LogP contribution in [0.1, 0.15) is 16.7 Å². The van der Waals surface area contributed by atoms with Crippen LogP contribution in [0, 0.1) is 32.4 Å². The topological polar surface area (TPSA) is 3.24 Å². The molecule has 3 heteroatoms. The molecule has 0 saturated heterocycles. The molecule has 0 aliphatic rings. The summed E-state index contributed by atoms with van der Waals surface area (Å²) in [6, 6.07) is 16.0. The Labute approximate surface area is 147 Å². The minimum atomic E-state index is -0.334. The van der Waals surface area contributed by atoms with Gasteiger partial charge in [0.25, 0.3) is 0 Å². The molecule has 25 heavy (non-hydrogen) atoms. The third kappa shape index (κ3) is 3.41. The summed E-state index contributed by atoms with van der Waals surface area (Å²) in [5.74, 6) is -0.617. The van der Waals surface area contributed by atoms with Gasteiger partial charge in [0.2, 0.25) is 0 Å². The van der Waals surface area contributed by atoms with Gasteiger partial charge in [-0.1, -0.05) is 24.3 Å². The van der Waals surface area contributed by atoms with E-state index in [4.69, 9.17) is 0 Å². The molecule has 0 aromatic heterocycles. The Kier molecular flexibility index (Phi) is 4.58. The van der Waals surface area contributed by atoms with Crippen molar-refractivity contribution in [2.75, 3.05) is 11.9 Å². The van der Waals surface area contributed by atoms with Crippen molar-refractivity contribution in [1.29, 1.82) is 0 Å². The zero-order chi connectivity index (χ0) is 18.1. The average Bonchev–Trinajstić information content (AvgIpc) is 2.59. The van der Waals surface area contributed by atoms with E-state index in [9.17, 15) is 8.78 Å². The Morgan fingerprint density at radius 2 is 1.24 bits per heavy atom. The first kappa shape index (κ1) is 17.2. The van der Waals surface area contributed by atoms with Gasteiger partial charge in [0, 0.05) is 12.7 Å². The maximum absolute atomic E-state index is 14.7. The monoisotopic (exact) mass is 337 g/mol. The molecule has 0 radical (unpaired) electrons. The fourth-order valence-corrected chi connectivity index (χ4v) is 2.80. The van der Waals surface area contributed by atoms with Crippen LogP contribution in [0.25, 0.3) is 11.1 Å². The van der Waals surface area contributed by atoms with Crippen LogP contribution in [0.15, 0.2) is 54.6 Å². The van der Waals surface area contributed by atoms with Crippen LogP contribution >= 0.6 is 0 Å². The van der Waals surface area contributed by atoms with E-state index in [0.29, 0.717) is 22.4 Å². The molecule has 0 heterocycles. The molecule has 0 aliphatic carbocycles. The molecular weight excluding hydrogens is 316 g/mol. The minimum Gasteiger partial charge on any atom is -0.342 e. The van der Waals surface area contributed by atoms with Crippen molar-refractivity contribution in [3.05, 3.63) is 82.9 Å². The van der Waals surface area contributed by atoms with Crippen LogP contribution in [0.4, 0.5) is 20.2 Å². The van der Waals surface area contributed by atoms with Gasteiger partial charge >= 0.3 is 0 Å². The number of rotatable bonds is 3. The van der Waals surface area contributed by atoms with Crippen LogP contribution in [-0.4, -0.2) is 7.05 Å². The molecule has 128 valence electrons. The van der Waals surface area contributed by atoms with Gasteiger partial charge in [-0.05, 0) is 78.9 Å². The molecule has 0 fully saturated rings. The highest BCUT2D eigenvalue weighted by molar-refractivity contribution is 5.70.